The van der Waals surface area contributed by atoms with E-state index in [0.717, 1.165) is 48.0 Å². The first-order valence-corrected chi connectivity index (χ1v) is 11.0. The molecule has 8 heteroatoms. The summed E-state index contributed by atoms with van der Waals surface area (Å²) >= 11 is 3.23. The number of nitrogens with zero attached hydrogens (tertiary/aromatic N) is 3. The third-order valence-corrected chi connectivity index (χ3v) is 6.71. The minimum Gasteiger partial charge on any atom is -0.472 e. The molecule has 1 aliphatic heterocycles. The van der Waals surface area contributed by atoms with Crippen LogP contribution in [0.5, 0.6) is 0 Å². The third-order valence-electron chi connectivity index (χ3n) is 4.77. The Kier molecular flexibility index (Phi) is 4.97. The molecule has 1 aromatic carbocycles. The number of furan rings is 1. The number of carbonyl (C=O) groups excluding carboxylic acids is 1. The second kappa shape index (κ2) is 7.90. The predicted molar refractivity (Wildman–Crippen MR) is 114 cm³/mol. The average molecular weight is 423 g/mol. The first-order valence-electron chi connectivity index (χ1n) is 9.29. The number of aromatic nitrogens is 2. The van der Waals surface area contributed by atoms with Crippen LogP contribution in [0, 0.1) is 0 Å². The number of fused-ring (bicyclic) bond motifs is 1. The summed E-state index contributed by atoms with van der Waals surface area (Å²) in [5.41, 5.74) is 3.83. The highest BCUT2D eigenvalue weighted by molar-refractivity contribution is 7.16. The number of carbonyl (C=O) groups is 1. The van der Waals surface area contributed by atoms with E-state index in [2.05, 4.69) is 32.7 Å². The zero-order valence-electron chi connectivity index (χ0n) is 15.5. The SMILES string of the molecule is O=C(Nc1nc2c(s1)CN(Cc1csc(-c3ccccc3)n1)CC2)c1ccoc1. The number of benzene rings is 1. The summed E-state index contributed by atoms with van der Waals surface area (Å²) in [6, 6.07) is 11.9. The van der Waals surface area contributed by atoms with E-state index in [1.54, 1.807) is 28.7 Å². The van der Waals surface area contributed by atoms with E-state index in [1.165, 1.54) is 17.4 Å². The van der Waals surface area contributed by atoms with E-state index < -0.39 is 0 Å². The topological polar surface area (TPSA) is 71.3 Å². The molecule has 0 radical (unpaired) electrons. The van der Waals surface area contributed by atoms with Crippen LogP contribution in [0.15, 0.2) is 58.7 Å². The monoisotopic (exact) mass is 422 g/mol. The van der Waals surface area contributed by atoms with Gasteiger partial charge in [0.1, 0.15) is 11.3 Å². The van der Waals surface area contributed by atoms with Crippen molar-refractivity contribution >= 4 is 33.7 Å². The van der Waals surface area contributed by atoms with Gasteiger partial charge in [-0.3, -0.25) is 15.0 Å². The number of thiazole rings is 2. The van der Waals surface area contributed by atoms with Crippen LogP contribution in [0.2, 0.25) is 0 Å². The first kappa shape index (κ1) is 18.2. The summed E-state index contributed by atoms with van der Waals surface area (Å²) < 4.78 is 4.97. The van der Waals surface area contributed by atoms with Crippen molar-refractivity contribution in [2.75, 3.05) is 11.9 Å². The number of nitrogens with one attached hydrogen (secondary N) is 1. The molecule has 1 N–H and O–H groups in total. The molecule has 0 aliphatic carbocycles. The van der Waals surface area contributed by atoms with Crippen LogP contribution in [0.25, 0.3) is 10.6 Å². The Morgan fingerprint density at radius 1 is 1.21 bits per heavy atom. The summed E-state index contributed by atoms with van der Waals surface area (Å²) in [5, 5.41) is 6.70. The van der Waals surface area contributed by atoms with Crippen LogP contribution in [0.1, 0.15) is 26.6 Å². The number of rotatable bonds is 5. The molecule has 6 nitrogen and oxygen atoms in total. The van der Waals surface area contributed by atoms with Gasteiger partial charge in [-0.25, -0.2) is 9.97 Å². The van der Waals surface area contributed by atoms with Crippen molar-refractivity contribution in [2.45, 2.75) is 19.5 Å². The van der Waals surface area contributed by atoms with Crippen molar-refractivity contribution in [3.8, 4) is 10.6 Å². The molecule has 0 spiro atoms. The van der Waals surface area contributed by atoms with Gasteiger partial charge in [-0.2, -0.15) is 0 Å². The van der Waals surface area contributed by atoms with Gasteiger partial charge in [0.15, 0.2) is 5.13 Å². The highest BCUT2D eigenvalue weighted by Gasteiger charge is 2.22. The average Bonchev–Trinajstić information content (AvgIpc) is 3.49. The van der Waals surface area contributed by atoms with E-state index in [1.807, 2.05) is 18.2 Å². The molecule has 4 heterocycles. The lowest BCUT2D eigenvalue weighted by molar-refractivity contribution is 0.102. The highest BCUT2D eigenvalue weighted by Crippen LogP contribution is 2.30. The minimum atomic E-state index is -0.197. The van der Waals surface area contributed by atoms with Crippen molar-refractivity contribution < 1.29 is 9.21 Å². The molecule has 0 saturated carbocycles. The maximum Gasteiger partial charge on any atom is 0.260 e. The van der Waals surface area contributed by atoms with Gasteiger partial charge in [0.25, 0.3) is 5.91 Å². The van der Waals surface area contributed by atoms with Crippen LogP contribution in [-0.4, -0.2) is 27.3 Å². The number of hydrogen-bond acceptors (Lipinski definition) is 7. The fourth-order valence-electron chi connectivity index (χ4n) is 3.32. The van der Waals surface area contributed by atoms with Gasteiger partial charge in [-0.05, 0) is 6.07 Å². The van der Waals surface area contributed by atoms with Gasteiger partial charge in [0, 0.05) is 41.9 Å². The van der Waals surface area contributed by atoms with Gasteiger partial charge < -0.3 is 4.42 Å². The lowest BCUT2D eigenvalue weighted by Crippen LogP contribution is -2.29. The zero-order valence-corrected chi connectivity index (χ0v) is 17.1. The summed E-state index contributed by atoms with van der Waals surface area (Å²) in [7, 11) is 0. The molecular weight excluding hydrogens is 404 g/mol. The van der Waals surface area contributed by atoms with Crippen molar-refractivity contribution in [3.63, 3.8) is 0 Å². The Balaban J connectivity index is 1.24. The molecule has 3 aromatic heterocycles. The Hall–Kier alpha value is -2.81. The maximum atomic E-state index is 12.2. The van der Waals surface area contributed by atoms with Gasteiger partial charge in [0.2, 0.25) is 0 Å². The highest BCUT2D eigenvalue weighted by atomic mass is 32.1. The lowest BCUT2D eigenvalue weighted by atomic mass is 10.2. The standard InChI is InChI=1S/C21H18N4O2S2/c26-19(15-7-9-27-12-15)24-21-23-17-6-8-25(11-18(17)29-21)10-16-13-28-20(22-16)14-4-2-1-3-5-14/h1-5,7,9,12-13H,6,8,10-11H2,(H,23,24,26). The third kappa shape index (κ3) is 4.00. The normalized spacial score (nSPS) is 13.9. The number of hydrogen-bond donors (Lipinski definition) is 1. The quantitative estimate of drug-likeness (QED) is 0.506. The second-order valence-electron chi connectivity index (χ2n) is 6.83. The van der Waals surface area contributed by atoms with E-state index in [-0.39, 0.29) is 5.91 Å². The van der Waals surface area contributed by atoms with Crippen molar-refractivity contribution in [2.24, 2.45) is 0 Å². The second-order valence-corrected chi connectivity index (χ2v) is 8.77. The summed E-state index contributed by atoms with van der Waals surface area (Å²) in [6.45, 7) is 2.58. The van der Waals surface area contributed by atoms with Gasteiger partial charge >= 0.3 is 0 Å². The van der Waals surface area contributed by atoms with Crippen molar-refractivity contribution in [1.29, 1.82) is 0 Å². The van der Waals surface area contributed by atoms with Crippen LogP contribution < -0.4 is 5.32 Å². The van der Waals surface area contributed by atoms with E-state index in [9.17, 15) is 4.79 Å². The molecule has 5 rings (SSSR count). The summed E-state index contributed by atoms with van der Waals surface area (Å²) in [5.74, 6) is -0.197. The Bertz CT molecular complexity index is 1120. The Morgan fingerprint density at radius 3 is 2.93 bits per heavy atom. The van der Waals surface area contributed by atoms with Crippen LogP contribution in [0.4, 0.5) is 5.13 Å². The smallest absolute Gasteiger partial charge is 0.260 e. The lowest BCUT2D eigenvalue weighted by Gasteiger charge is -2.24. The van der Waals surface area contributed by atoms with Crippen LogP contribution in [-0.2, 0) is 19.5 Å². The predicted octanol–water partition coefficient (Wildman–Crippen LogP) is 4.67. The van der Waals surface area contributed by atoms with Crippen molar-refractivity contribution in [3.05, 3.63) is 76.1 Å². The molecule has 4 aromatic rings. The molecular formula is C21H18N4O2S2. The van der Waals surface area contributed by atoms with E-state index in [4.69, 9.17) is 9.40 Å². The molecule has 0 saturated heterocycles. The fourth-order valence-corrected chi connectivity index (χ4v) is 5.18. The van der Waals surface area contributed by atoms with Crippen LogP contribution >= 0.6 is 22.7 Å². The number of anilines is 1. The minimum absolute atomic E-state index is 0.197. The molecule has 146 valence electrons. The Morgan fingerprint density at radius 2 is 2.10 bits per heavy atom. The van der Waals surface area contributed by atoms with Gasteiger partial charge in [-0.1, -0.05) is 30.3 Å². The first-order chi connectivity index (χ1) is 14.2. The summed E-state index contributed by atoms with van der Waals surface area (Å²) in [4.78, 5) is 25.2. The number of amides is 1. The molecule has 29 heavy (non-hydrogen) atoms. The van der Waals surface area contributed by atoms with E-state index in [0.29, 0.717) is 10.7 Å². The molecule has 0 bridgehead atoms. The molecule has 1 aliphatic rings. The molecule has 1 amide bonds. The molecule has 0 atom stereocenters. The van der Waals surface area contributed by atoms with Gasteiger partial charge in [0.05, 0.1) is 23.2 Å². The van der Waals surface area contributed by atoms with Gasteiger partial charge in [-0.15, -0.1) is 22.7 Å². The summed E-state index contributed by atoms with van der Waals surface area (Å²) in [6.07, 6.45) is 3.80. The molecule has 0 fully saturated rings. The largest absolute Gasteiger partial charge is 0.472 e. The van der Waals surface area contributed by atoms with Crippen LogP contribution in [0.3, 0.4) is 0 Å². The van der Waals surface area contributed by atoms with E-state index >= 15 is 0 Å². The Labute approximate surface area is 175 Å². The van der Waals surface area contributed by atoms with Crippen molar-refractivity contribution in [1.82, 2.24) is 14.9 Å². The molecule has 0 unspecified atom stereocenters. The zero-order chi connectivity index (χ0) is 19.6. The maximum absolute atomic E-state index is 12.2. The fraction of sp³-hybridized carbons (Fsp3) is 0.190.